The average molecular weight is 212 g/mol. The molecule has 0 aliphatic carbocycles. The van der Waals surface area contributed by atoms with Gasteiger partial charge in [0.25, 0.3) is 0 Å². The predicted molar refractivity (Wildman–Crippen MR) is 67.3 cm³/mol. The first-order valence-corrected chi connectivity index (χ1v) is 6.71. The second kappa shape index (κ2) is 7.24. The minimum Gasteiger partial charge on any atom is -0.315 e. The molecular weight excluding hydrogens is 184 g/mol. The lowest BCUT2D eigenvalue weighted by Gasteiger charge is -2.33. The molecule has 1 aliphatic heterocycles. The maximum absolute atomic E-state index is 3.48. The fourth-order valence-electron chi connectivity index (χ4n) is 2.54. The number of hydrogen-bond donors (Lipinski definition) is 1. The van der Waals surface area contributed by atoms with Crippen LogP contribution in [0, 0.1) is 0 Å². The Hall–Kier alpha value is -0.0800. The van der Waals surface area contributed by atoms with Crippen LogP contribution in [-0.4, -0.2) is 36.6 Å². The fourth-order valence-corrected chi connectivity index (χ4v) is 2.54. The van der Waals surface area contributed by atoms with Gasteiger partial charge in [-0.05, 0) is 59.2 Å². The smallest absolute Gasteiger partial charge is 0.00669 e. The van der Waals surface area contributed by atoms with Crippen molar-refractivity contribution in [2.24, 2.45) is 0 Å². The number of nitrogens with one attached hydrogen (secondary N) is 1. The first-order chi connectivity index (χ1) is 7.24. The highest BCUT2D eigenvalue weighted by atomic mass is 15.2. The summed E-state index contributed by atoms with van der Waals surface area (Å²) in [5.74, 6) is 0. The summed E-state index contributed by atoms with van der Waals surface area (Å²) in [6.45, 7) is 10.6. The SMILES string of the molecule is CCNC(C)CCCN1CCCCC1C. The van der Waals surface area contributed by atoms with Crippen molar-refractivity contribution in [3.63, 3.8) is 0 Å². The van der Waals surface area contributed by atoms with E-state index in [0.29, 0.717) is 6.04 Å². The number of piperidine rings is 1. The first kappa shape index (κ1) is 13.0. The highest BCUT2D eigenvalue weighted by Gasteiger charge is 2.17. The van der Waals surface area contributed by atoms with E-state index >= 15 is 0 Å². The topological polar surface area (TPSA) is 15.3 Å². The van der Waals surface area contributed by atoms with Crippen molar-refractivity contribution < 1.29 is 0 Å². The number of nitrogens with zero attached hydrogens (tertiary/aromatic N) is 1. The van der Waals surface area contributed by atoms with Crippen molar-refractivity contribution in [1.82, 2.24) is 10.2 Å². The molecule has 0 radical (unpaired) electrons. The van der Waals surface area contributed by atoms with E-state index in [1.165, 1.54) is 45.2 Å². The van der Waals surface area contributed by atoms with Gasteiger partial charge >= 0.3 is 0 Å². The summed E-state index contributed by atoms with van der Waals surface area (Å²) in [7, 11) is 0. The van der Waals surface area contributed by atoms with Crippen LogP contribution in [0.2, 0.25) is 0 Å². The third-order valence-electron chi connectivity index (χ3n) is 3.58. The van der Waals surface area contributed by atoms with Gasteiger partial charge in [-0.15, -0.1) is 0 Å². The Balaban J connectivity index is 2.08. The summed E-state index contributed by atoms with van der Waals surface area (Å²) in [6, 6.07) is 1.52. The van der Waals surface area contributed by atoms with E-state index in [-0.39, 0.29) is 0 Å². The van der Waals surface area contributed by atoms with Gasteiger partial charge in [-0.1, -0.05) is 13.3 Å². The maximum atomic E-state index is 3.48. The van der Waals surface area contributed by atoms with Crippen molar-refractivity contribution in [3.8, 4) is 0 Å². The molecule has 1 saturated heterocycles. The standard InChI is InChI=1S/C13H28N2/c1-4-14-12(2)8-7-11-15-10-6-5-9-13(15)3/h12-14H,4-11H2,1-3H3. The minimum atomic E-state index is 0.690. The van der Waals surface area contributed by atoms with Crippen molar-refractivity contribution in [2.75, 3.05) is 19.6 Å². The maximum Gasteiger partial charge on any atom is 0.00669 e. The Morgan fingerprint density at radius 3 is 2.87 bits per heavy atom. The van der Waals surface area contributed by atoms with E-state index in [0.717, 1.165) is 12.6 Å². The molecule has 2 unspecified atom stereocenters. The average Bonchev–Trinajstić information content (AvgIpc) is 2.21. The van der Waals surface area contributed by atoms with Crippen LogP contribution in [0.3, 0.4) is 0 Å². The van der Waals surface area contributed by atoms with E-state index in [4.69, 9.17) is 0 Å². The monoisotopic (exact) mass is 212 g/mol. The zero-order valence-corrected chi connectivity index (χ0v) is 10.8. The Labute approximate surface area is 95.4 Å². The minimum absolute atomic E-state index is 0.690. The number of rotatable bonds is 6. The largest absolute Gasteiger partial charge is 0.315 e. The summed E-state index contributed by atoms with van der Waals surface area (Å²) >= 11 is 0. The molecule has 2 nitrogen and oxygen atoms in total. The molecule has 2 heteroatoms. The van der Waals surface area contributed by atoms with Crippen molar-refractivity contribution in [1.29, 1.82) is 0 Å². The molecule has 0 spiro atoms. The van der Waals surface area contributed by atoms with E-state index in [9.17, 15) is 0 Å². The Bertz CT molecular complexity index is 159. The van der Waals surface area contributed by atoms with E-state index in [1.807, 2.05) is 0 Å². The second-order valence-corrected chi connectivity index (χ2v) is 4.98. The van der Waals surface area contributed by atoms with Gasteiger partial charge < -0.3 is 10.2 Å². The van der Waals surface area contributed by atoms with Crippen LogP contribution in [-0.2, 0) is 0 Å². The zero-order valence-electron chi connectivity index (χ0n) is 10.8. The van der Waals surface area contributed by atoms with E-state index in [2.05, 4.69) is 31.0 Å². The van der Waals surface area contributed by atoms with E-state index < -0.39 is 0 Å². The molecule has 1 N–H and O–H groups in total. The molecule has 0 amide bonds. The molecule has 1 fully saturated rings. The Morgan fingerprint density at radius 2 is 2.20 bits per heavy atom. The van der Waals surface area contributed by atoms with Gasteiger partial charge in [0.15, 0.2) is 0 Å². The third kappa shape index (κ3) is 4.98. The lowest BCUT2D eigenvalue weighted by Crippen LogP contribution is -2.38. The summed E-state index contributed by atoms with van der Waals surface area (Å²) in [5, 5.41) is 3.48. The molecule has 1 heterocycles. The number of likely N-dealkylation sites (tertiary alicyclic amines) is 1. The van der Waals surface area contributed by atoms with Crippen LogP contribution >= 0.6 is 0 Å². The molecule has 0 aromatic carbocycles. The van der Waals surface area contributed by atoms with Crippen molar-refractivity contribution >= 4 is 0 Å². The first-order valence-electron chi connectivity index (χ1n) is 6.71. The van der Waals surface area contributed by atoms with E-state index in [1.54, 1.807) is 0 Å². The second-order valence-electron chi connectivity index (χ2n) is 4.98. The molecular formula is C13H28N2. The fraction of sp³-hybridized carbons (Fsp3) is 1.00. The highest BCUT2D eigenvalue weighted by molar-refractivity contribution is 4.73. The molecule has 1 rings (SSSR count). The van der Waals surface area contributed by atoms with Crippen molar-refractivity contribution in [2.45, 2.75) is 65.0 Å². The Morgan fingerprint density at radius 1 is 1.40 bits per heavy atom. The lowest BCUT2D eigenvalue weighted by molar-refractivity contribution is 0.156. The van der Waals surface area contributed by atoms with Crippen LogP contribution in [0.1, 0.15) is 52.9 Å². The van der Waals surface area contributed by atoms with Crippen LogP contribution in [0.15, 0.2) is 0 Å². The quantitative estimate of drug-likeness (QED) is 0.728. The Kier molecular flexibility index (Phi) is 6.26. The molecule has 0 bridgehead atoms. The lowest BCUT2D eigenvalue weighted by atomic mass is 10.0. The summed E-state index contributed by atoms with van der Waals surface area (Å²) < 4.78 is 0. The summed E-state index contributed by atoms with van der Waals surface area (Å²) in [4.78, 5) is 2.67. The summed E-state index contributed by atoms with van der Waals surface area (Å²) in [6.07, 6.45) is 6.91. The van der Waals surface area contributed by atoms with Crippen LogP contribution in [0.5, 0.6) is 0 Å². The normalized spacial score (nSPS) is 25.4. The van der Waals surface area contributed by atoms with Crippen LogP contribution in [0.25, 0.3) is 0 Å². The van der Waals surface area contributed by atoms with Gasteiger partial charge in [0.2, 0.25) is 0 Å². The van der Waals surface area contributed by atoms with Gasteiger partial charge in [0.1, 0.15) is 0 Å². The van der Waals surface area contributed by atoms with Crippen LogP contribution < -0.4 is 5.32 Å². The van der Waals surface area contributed by atoms with Crippen molar-refractivity contribution in [3.05, 3.63) is 0 Å². The molecule has 2 atom stereocenters. The molecule has 0 saturated carbocycles. The molecule has 1 aliphatic rings. The molecule has 0 aromatic rings. The van der Waals surface area contributed by atoms with Gasteiger partial charge in [-0.3, -0.25) is 0 Å². The zero-order chi connectivity index (χ0) is 11.1. The highest BCUT2D eigenvalue weighted by Crippen LogP contribution is 2.16. The summed E-state index contributed by atoms with van der Waals surface area (Å²) in [5.41, 5.74) is 0. The van der Waals surface area contributed by atoms with Gasteiger partial charge in [0.05, 0.1) is 0 Å². The molecule has 0 aromatic heterocycles. The number of hydrogen-bond acceptors (Lipinski definition) is 2. The van der Waals surface area contributed by atoms with Gasteiger partial charge in [0, 0.05) is 12.1 Å². The third-order valence-corrected chi connectivity index (χ3v) is 3.58. The molecule has 90 valence electrons. The molecule has 15 heavy (non-hydrogen) atoms. The predicted octanol–water partition coefficient (Wildman–Crippen LogP) is 2.64. The van der Waals surface area contributed by atoms with Gasteiger partial charge in [-0.25, -0.2) is 0 Å². The van der Waals surface area contributed by atoms with Crippen LogP contribution in [0.4, 0.5) is 0 Å². The van der Waals surface area contributed by atoms with Gasteiger partial charge in [-0.2, -0.15) is 0 Å².